The van der Waals surface area contributed by atoms with Gasteiger partial charge in [0.1, 0.15) is 12.4 Å². The van der Waals surface area contributed by atoms with Crippen molar-refractivity contribution in [1.82, 2.24) is 0 Å². The number of methoxy groups -OCH3 is 1. The normalized spacial score (nSPS) is 17.3. The Hall–Kier alpha value is -2.21. The van der Waals surface area contributed by atoms with Gasteiger partial charge in [-0.05, 0) is 61.8 Å². The van der Waals surface area contributed by atoms with Gasteiger partial charge in [-0.3, -0.25) is 4.79 Å². The summed E-state index contributed by atoms with van der Waals surface area (Å²) in [4.78, 5) is 11.6. The molecule has 3 heteroatoms. The van der Waals surface area contributed by atoms with Gasteiger partial charge in [0.2, 0.25) is 0 Å². The van der Waals surface area contributed by atoms with Crippen LogP contribution >= 0.6 is 0 Å². The molecule has 0 amide bonds. The predicted octanol–water partition coefficient (Wildman–Crippen LogP) is 5.65. The molecular formula is C24H32O3. The topological polar surface area (TPSA) is 35.5 Å². The summed E-state index contributed by atoms with van der Waals surface area (Å²) in [7, 11) is 1.41. The van der Waals surface area contributed by atoms with E-state index < -0.39 is 0 Å². The second-order valence-electron chi connectivity index (χ2n) is 7.20. The highest BCUT2D eigenvalue weighted by molar-refractivity contribution is 5.71. The summed E-state index contributed by atoms with van der Waals surface area (Å²) >= 11 is 0. The van der Waals surface area contributed by atoms with Gasteiger partial charge in [0, 0.05) is 0 Å². The van der Waals surface area contributed by atoms with Gasteiger partial charge < -0.3 is 9.47 Å². The summed E-state index contributed by atoms with van der Waals surface area (Å²) in [5, 5.41) is 0. The first-order valence-corrected chi connectivity index (χ1v) is 10.1. The Kier molecular flexibility index (Phi) is 8.98. The minimum atomic E-state index is -0.245. The van der Waals surface area contributed by atoms with Crippen LogP contribution in [0.3, 0.4) is 0 Å². The van der Waals surface area contributed by atoms with E-state index in [2.05, 4.69) is 24.8 Å². The lowest BCUT2D eigenvalue weighted by molar-refractivity contribution is -0.140. The number of benzene rings is 1. The third-order valence-electron chi connectivity index (χ3n) is 5.10. The molecule has 0 fully saturated rings. The molecule has 0 saturated heterocycles. The Morgan fingerprint density at radius 2 is 2.07 bits per heavy atom. The predicted molar refractivity (Wildman–Crippen MR) is 110 cm³/mol. The van der Waals surface area contributed by atoms with Crippen molar-refractivity contribution < 1.29 is 14.3 Å². The molecule has 27 heavy (non-hydrogen) atoms. The first kappa shape index (κ1) is 21.1. The van der Waals surface area contributed by atoms with Crippen molar-refractivity contribution >= 4 is 5.97 Å². The lowest BCUT2D eigenvalue weighted by Crippen LogP contribution is -2.10. The van der Waals surface area contributed by atoms with Gasteiger partial charge in [-0.25, -0.2) is 0 Å². The molecule has 146 valence electrons. The van der Waals surface area contributed by atoms with E-state index in [0.29, 0.717) is 6.61 Å². The van der Waals surface area contributed by atoms with Crippen LogP contribution in [-0.4, -0.2) is 19.7 Å². The average Bonchev–Trinajstić information content (AvgIpc) is 2.71. The van der Waals surface area contributed by atoms with Gasteiger partial charge in [0.15, 0.2) is 0 Å². The van der Waals surface area contributed by atoms with E-state index in [1.807, 2.05) is 24.3 Å². The lowest BCUT2D eigenvalue weighted by atomic mass is 9.87. The van der Waals surface area contributed by atoms with Crippen LogP contribution in [0.5, 0.6) is 5.75 Å². The molecule has 2 atom stereocenters. The number of carbonyl (C=O) groups is 1. The smallest absolute Gasteiger partial charge is 0.307 e. The Balaban J connectivity index is 1.93. The number of hydrogen-bond acceptors (Lipinski definition) is 3. The fraction of sp³-hybridized carbons (Fsp3) is 0.542. The molecular weight excluding hydrogens is 336 g/mol. The zero-order valence-corrected chi connectivity index (χ0v) is 16.9. The van der Waals surface area contributed by atoms with Crippen molar-refractivity contribution in [2.24, 2.45) is 5.92 Å². The number of rotatable bonds is 9. The van der Waals surface area contributed by atoms with Crippen molar-refractivity contribution in [2.45, 2.75) is 64.7 Å². The summed E-state index contributed by atoms with van der Waals surface area (Å²) in [5.74, 6) is 7.19. The zero-order valence-electron chi connectivity index (χ0n) is 16.9. The van der Waals surface area contributed by atoms with Crippen molar-refractivity contribution in [3.63, 3.8) is 0 Å². The van der Waals surface area contributed by atoms with Crippen molar-refractivity contribution in [3.8, 4) is 17.6 Å². The van der Waals surface area contributed by atoms with Crippen molar-refractivity contribution in [3.05, 3.63) is 41.5 Å². The highest BCUT2D eigenvalue weighted by Gasteiger charge is 2.15. The highest BCUT2D eigenvalue weighted by atomic mass is 16.5. The minimum absolute atomic E-state index is 0.142. The van der Waals surface area contributed by atoms with E-state index in [-0.39, 0.29) is 18.3 Å². The maximum atomic E-state index is 11.6. The molecule has 0 spiro atoms. The summed E-state index contributed by atoms with van der Waals surface area (Å²) in [6.07, 6.45) is 10.3. The molecule has 0 saturated carbocycles. The molecule has 0 aromatic heterocycles. The number of carbonyl (C=O) groups excluding carboxylic acids is 1. The van der Waals surface area contributed by atoms with Gasteiger partial charge in [-0.2, -0.15) is 0 Å². The molecule has 0 N–H and O–H groups in total. The van der Waals surface area contributed by atoms with Gasteiger partial charge in [0.25, 0.3) is 0 Å². The summed E-state index contributed by atoms with van der Waals surface area (Å²) in [5.41, 5.74) is 2.44. The van der Waals surface area contributed by atoms with E-state index in [1.165, 1.54) is 44.8 Å². The zero-order chi connectivity index (χ0) is 19.5. The monoisotopic (exact) mass is 368 g/mol. The van der Waals surface area contributed by atoms with Crippen LogP contribution in [0.1, 0.15) is 70.3 Å². The number of esters is 1. The molecule has 3 nitrogen and oxygen atoms in total. The Bertz CT molecular complexity index is 676. The second kappa shape index (κ2) is 11.5. The Labute approximate surface area is 164 Å². The highest BCUT2D eigenvalue weighted by Crippen LogP contribution is 2.28. The van der Waals surface area contributed by atoms with Gasteiger partial charge in [-0.1, -0.05) is 43.9 Å². The van der Waals surface area contributed by atoms with Crippen LogP contribution in [0.15, 0.2) is 35.9 Å². The molecule has 2 rings (SSSR count). The summed E-state index contributed by atoms with van der Waals surface area (Å²) in [6, 6.07) is 7.92. The molecule has 1 aliphatic carbocycles. The van der Waals surface area contributed by atoms with Crippen molar-refractivity contribution in [1.29, 1.82) is 0 Å². The van der Waals surface area contributed by atoms with Crippen LogP contribution in [-0.2, 0) is 9.53 Å². The second-order valence-corrected chi connectivity index (χ2v) is 7.20. The molecule has 0 radical (unpaired) electrons. The quantitative estimate of drug-likeness (QED) is 0.321. The number of allylic oxidation sites excluding steroid dienone is 1. The number of ether oxygens (including phenoxy) is 2. The van der Waals surface area contributed by atoms with Crippen LogP contribution in [0.25, 0.3) is 0 Å². The third-order valence-corrected chi connectivity index (χ3v) is 5.10. The largest absolute Gasteiger partial charge is 0.489 e. The average molecular weight is 369 g/mol. The minimum Gasteiger partial charge on any atom is -0.489 e. The van der Waals surface area contributed by atoms with E-state index in [4.69, 9.17) is 9.47 Å². The summed E-state index contributed by atoms with van der Waals surface area (Å²) < 4.78 is 10.8. The number of hydrogen-bond donors (Lipinski definition) is 0. The summed E-state index contributed by atoms with van der Waals surface area (Å²) in [6.45, 7) is 4.71. The molecule has 1 aliphatic rings. The van der Waals surface area contributed by atoms with E-state index >= 15 is 0 Å². The van der Waals surface area contributed by atoms with Gasteiger partial charge in [-0.15, -0.1) is 5.92 Å². The Morgan fingerprint density at radius 1 is 1.30 bits per heavy atom. The first-order valence-electron chi connectivity index (χ1n) is 10.1. The standard InChI is InChI=1S/C24H32O3/c1-4-6-9-19-10-7-11-20(16-19)18-27-23-14-12-21(13-15-23)22(8-5-2)17-24(25)26-3/h12-16,19,22H,4,6-7,9-11,17-18H2,1-3H3. The molecule has 1 aromatic rings. The number of unbranched alkanes of at least 4 members (excludes halogenated alkanes) is 1. The van der Waals surface area contributed by atoms with Gasteiger partial charge >= 0.3 is 5.97 Å². The van der Waals surface area contributed by atoms with E-state index in [1.54, 1.807) is 6.92 Å². The van der Waals surface area contributed by atoms with Gasteiger partial charge in [0.05, 0.1) is 19.4 Å². The molecule has 0 heterocycles. The fourth-order valence-corrected chi connectivity index (χ4v) is 3.55. The van der Waals surface area contributed by atoms with Crippen LogP contribution < -0.4 is 4.74 Å². The van der Waals surface area contributed by atoms with Crippen LogP contribution in [0.2, 0.25) is 0 Å². The molecule has 0 aliphatic heterocycles. The third kappa shape index (κ3) is 7.13. The SMILES string of the molecule is CC#CC(CC(=O)OC)c1ccc(OCC2=CC(CCCC)CCC2)cc1. The van der Waals surface area contributed by atoms with Crippen LogP contribution in [0, 0.1) is 17.8 Å². The first-order chi connectivity index (χ1) is 13.2. The van der Waals surface area contributed by atoms with E-state index in [0.717, 1.165) is 23.7 Å². The van der Waals surface area contributed by atoms with Crippen molar-refractivity contribution in [2.75, 3.05) is 13.7 Å². The lowest BCUT2D eigenvalue weighted by Gasteiger charge is -2.21. The molecule has 2 unspecified atom stereocenters. The Morgan fingerprint density at radius 3 is 2.74 bits per heavy atom. The molecule has 0 bridgehead atoms. The van der Waals surface area contributed by atoms with Crippen LogP contribution in [0.4, 0.5) is 0 Å². The van der Waals surface area contributed by atoms with E-state index in [9.17, 15) is 4.79 Å². The maximum Gasteiger partial charge on any atom is 0.307 e. The fourth-order valence-electron chi connectivity index (χ4n) is 3.55. The molecule has 1 aromatic carbocycles. The maximum absolute atomic E-state index is 11.6.